The SMILES string of the molecule is Brc1ccccc1-c1ccc(-c2ccc3c4ccccc4n(-c4ccc(-c5ccccc5)cc4-c4ccccc4)c3c2)cc1. The molecule has 0 unspecified atom stereocenters. The van der Waals surface area contributed by atoms with Crippen LogP contribution in [0.1, 0.15) is 0 Å². The van der Waals surface area contributed by atoms with Crippen molar-refractivity contribution in [2.24, 2.45) is 0 Å². The predicted molar refractivity (Wildman–Crippen MR) is 190 cm³/mol. The first kappa shape index (κ1) is 26.4. The van der Waals surface area contributed by atoms with Gasteiger partial charge in [-0.3, -0.25) is 0 Å². The summed E-state index contributed by atoms with van der Waals surface area (Å²) in [5.41, 5.74) is 13.2. The molecule has 1 heterocycles. The normalized spacial score (nSPS) is 11.3. The van der Waals surface area contributed by atoms with Crippen molar-refractivity contribution >= 4 is 37.7 Å². The molecule has 2 heteroatoms. The van der Waals surface area contributed by atoms with Gasteiger partial charge in [0.2, 0.25) is 0 Å². The zero-order valence-corrected chi connectivity index (χ0v) is 25.6. The van der Waals surface area contributed by atoms with Crippen LogP contribution in [0.15, 0.2) is 174 Å². The Hall–Kier alpha value is -5.18. The van der Waals surface area contributed by atoms with Crippen molar-refractivity contribution in [1.82, 2.24) is 4.57 Å². The van der Waals surface area contributed by atoms with Crippen LogP contribution in [0, 0.1) is 0 Å². The fourth-order valence-corrected chi connectivity index (χ4v) is 6.85. The number of halogens is 1. The standard InChI is InChI=1S/C42H28BrN/c43-39-17-9-7-15-35(39)32-21-19-30(20-22-32)34-23-25-37-36-16-8-10-18-40(36)44(42(37)28-34)41-26-24-33(29-11-3-1-4-12-29)27-38(41)31-13-5-2-6-14-31/h1-28H. The molecule has 208 valence electrons. The van der Waals surface area contributed by atoms with E-state index in [1.165, 1.54) is 72.0 Å². The number of hydrogen-bond acceptors (Lipinski definition) is 0. The lowest BCUT2D eigenvalue weighted by Gasteiger charge is -2.16. The smallest absolute Gasteiger partial charge is 0.0547 e. The number of nitrogens with zero attached hydrogens (tertiary/aromatic N) is 1. The number of benzene rings is 7. The van der Waals surface area contributed by atoms with Gasteiger partial charge in [-0.2, -0.15) is 0 Å². The zero-order valence-electron chi connectivity index (χ0n) is 24.0. The first-order chi connectivity index (χ1) is 21.7. The van der Waals surface area contributed by atoms with Crippen LogP contribution in [-0.4, -0.2) is 4.57 Å². The highest BCUT2D eigenvalue weighted by molar-refractivity contribution is 9.10. The topological polar surface area (TPSA) is 4.93 Å². The minimum absolute atomic E-state index is 1.10. The minimum Gasteiger partial charge on any atom is -0.309 e. The number of hydrogen-bond donors (Lipinski definition) is 0. The molecule has 44 heavy (non-hydrogen) atoms. The molecule has 0 amide bonds. The lowest BCUT2D eigenvalue weighted by Crippen LogP contribution is -1.98. The van der Waals surface area contributed by atoms with Crippen LogP contribution in [0.3, 0.4) is 0 Å². The van der Waals surface area contributed by atoms with E-state index in [0.717, 1.165) is 4.47 Å². The van der Waals surface area contributed by atoms with Crippen LogP contribution in [0.25, 0.3) is 72.0 Å². The van der Waals surface area contributed by atoms with Gasteiger partial charge in [0.1, 0.15) is 0 Å². The average molecular weight is 627 g/mol. The Bertz CT molecular complexity index is 2260. The number of para-hydroxylation sites is 1. The van der Waals surface area contributed by atoms with Crippen molar-refractivity contribution in [3.8, 4) is 50.2 Å². The second kappa shape index (κ2) is 11.1. The highest BCUT2D eigenvalue weighted by Crippen LogP contribution is 2.39. The van der Waals surface area contributed by atoms with Gasteiger partial charge in [-0.15, -0.1) is 0 Å². The zero-order chi connectivity index (χ0) is 29.5. The second-order valence-corrected chi connectivity index (χ2v) is 12.0. The summed E-state index contributed by atoms with van der Waals surface area (Å²) in [5, 5.41) is 2.50. The lowest BCUT2D eigenvalue weighted by molar-refractivity contribution is 1.18. The van der Waals surface area contributed by atoms with Crippen LogP contribution in [-0.2, 0) is 0 Å². The molecule has 1 aromatic heterocycles. The molecule has 0 atom stereocenters. The van der Waals surface area contributed by atoms with Crippen LogP contribution >= 0.6 is 15.9 Å². The molecular weight excluding hydrogens is 598 g/mol. The first-order valence-corrected chi connectivity index (χ1v) is 15.7. The van der Waals surface area contributed by atoms with E-state index in [-0.39, 0.29) is 0 Å². The molecule has 0 saturated carbocycles. The van der Waals surface area contributed by atoms with Crippen molar-refractivity contribution in [1.29, 1.82) is 0 Å². The first-order valence-electron chi connectivity index (χ1n) is 14.9. The summed E-state index contributed by atoms with van der Waals surface area (Å²) in [6.07, 6.45) is 0. The fourth-order valence-electron chi connectivity index (χ4n) is 6.34. The van der Waals surface area contributed by atoms with Crippen molar-refractivity contribution in [2.75, 3.05) is 0 Å². The molecule has 0 N–H and O–H groups in total. The van der Waals surface area contributed by atoms with E-state index in [2.05, 4.69) is 190 Å². The second-order valence-electron chi connectivity index (χ2n) is 11.1. The van der Waals surface area contributed by atoms with Crippen LogP contribution in [0.2, 0.25) is 0 Å². The van der Waals surface area contributed by atoms with Gasteiger partial charge in [-0.1, -0.05) is 155 Å². The van der Waals surface area contributed by atoms with E-state index in [0.29, 0.717) is 0 Å². The Morgan fingerprint density at radius 3 is 1.64 bits per heavy atom. The summed E-state index contributed by atoms with van der Waals surface area (Å²) in [6, 6.07) is 61.1. The molecule has 0 radical (unpaired) electrons. The summed E-state index contributed by atoms with van der Waals surface area (Å²) >= 11 is 3.71. The Morgan fingerprint density at radius 1 is 0.341 bits per heavy atom. The number of fused-ring (bicyclic) bond motifs is 3. The van der Waals surface area contributed by atoms with Gasteiger partial charge in [0.15, 0.2) is 0 Å². The lowest BCUT2D eigenvalue weighted by atomic mass is 9.97. The molecular formula is C42H28BrN. The molecule has 8 rings (SSSR count). The van der Waals surface area contributed by atoms with Gasteiger partial charge >= 0.3 is 0 Å². The van der Waals surface area contributed by atoms with Crippen LogP contribution < -0.4 is 0 Å². The Labute approximate surface area is 265 Å². The summed E-state index contributed by atoms with van der Waals surface area (Å²) in [5.74, 6) is 0. The monoisotopic (exact) mass is 625 g/mol. The van der Waals surface area contributed by atoms with E-state index in [9.17, 15) is 0 Å². The van der Waals surface area contributed by atoms with Crippen molar-refractivity contribution < 1.29 is 0 Å². The molecule has 0 fully saturated rings. The Balaban J connectivity index is 1.33. The molecule has 8 aromatic rings. The molecule has 0 aliphatic rings. The Kier molecular flexibility index (Phi) is 6.70. The highest BCUT2D eigenvalue weighted by atomic mass is 79.9. The van der Waals surface area contributed by atoms with E-state index in [1.54, 1.807) is 0 Å². The molecule has 7 aromatic carbocycles. The molecule has 0 bridgehead atoms. The third-order valence-electron chi connectivity index (χ3n) is 8.51. The number of aromatic nitrogens is 1. The highest BCUT2D eigenvalue weighted by Gasteiger charge is 2.17. The van der Waals surface area contributed by atoms with Gasteiger partial charge in [-0.25, -0.2) is 0 Å². The van der Waals surface area contributed by atoms with Crippen molar-refractivity contribution in [3.05, 3.63) is 174 Å². The average Bonchev–Trinajstić information content (AvgIpc) is 3.42. The van der Waals surface area contributed by atoms with E-state index in [1.807, 2.05) is 0 Å². The summed E-state index contributed by atoms with van der Waals surface area (Å²) in [6.45, 7) is 0. The molecule has 1 nitrogen and oxygen atoms in total. The summed E-state index contributed by atoms with van der Waals surface area (Å²) in [4.78, 5) is 0. The molecule has 0 spiro atoms. The fraction of sp³-hybridized carbons (Fsp3) is 0. The van der Waals surface area contributed by atoms with Crippen molar-refractivity contribution in [3.63, 3.8) is 0 Å². The maximum Gasteiger partial charge on any atom is 0.0547 e. The van der Waals surface area contributed by atoms with E-state index < -0.39 is 0 Å². The quantitative estimate of drug-likeness (QED) is 0.179. The minimum atomic E-state index is 1.10. The van der Waals surface area contributed by atoms with E-state index in [4.69, 9.17) is 0 Å². The molecule has 0 aliphatic carbocycles. The van der Waals surface area contributed by atoms with Gasteiger partial charge in [0.25, 0.3) is 0 Å². The third kappa shape index (κ3) is 4.65. The number of rotatable bonds is 5. The third-order valence-corrected chi connectivity index (χ3v) is 9.20. The van der Waals surface area contributed by atoms with E-state index >= 15 is 0 Å². The summed E-state index contributed by atoms with van der Waals surface area (Å²) in [7, 11) is 0. The largest absolute Gasteiger partial charge is 0.309 e. The maximum atomic E-state index is 3.71. The molecule has 0 aliphatic heterocycles. The Morgan fingerprint density at radius 2 is 0.864 bits per heavy atom. The maximum absolute atomic E-state index is 3.71. The van der Waals surface area contributed by atoms with Gasteiger partial charge < -0.3 is 4.57 Å². The summed E-state index contributed by atoms with van der Waals surface area (Å²) < 4.78 is 3.55. The molecule has 0 saturated heterocycles. The predicted octanol–water partition coefficient (Wildman–Crippen LogP) is 12.2. The van der Waals surface area contributed by atoms with Crippen molar-refractivity contribution in [2.45, 2.75) is 0 Å². The van der Waals surface area contributed by atoms with Crippen LogP contribution in [0.5, 0.6) is 0 Å². The van der Waals surface area contributed by atoms with Crippen LogP contribution in [0.4, 0.5) is 0 Å². The van der Waals surface area contributed by atoms with Gasteiger partial charge in [0.05, 0.1) is 16.7 Å². The van der Waals surface area contributed by atoms with Gasteiger partial charge in [0, 0.05) is 20.8 Å². The van der Waals surface area contributed by atoms with Gasteiger partial charge in [-0.05, 0) is 69.3 Å².